The maximum absolute atomic E-state index is 14.7. The Kier molecular flexibility index (Phi) is 10.2. The van der Waals surface area contributed by atoms with Crippen molar-refractivity contribution in [3.05, 3.63) is 41.7 Å². The molecule has 0 aliphatic carbocycles. The molecule has 46 heavy (non-hydrogen) atoms. The number of carbonyl (C=O) groups is 3. The zero-order valence-corrected chi connectivity index (χ0v) is 27.6. The molecule has 13 nitrogen and oxygen atoms in total. The molecule has 0 unspecified atom stereocenters. The summed E-state index contributed by atoms with van der Waals surface area (Å²) in [6, 6.07) is 2.76. The Hall–Kier alpha value is -4.31. The van der Waals surface area contributed by atoms with Crippen LogP contribution in [0.1, 0.15) is 64.9 Å². The van der Waals surface area contributed by atoms with Gasteiger partial charge >= 0.3 is 12.2 Å². The van der Waals surface area contributed by atoms with Gasteiger partial charge in [-0.1, -0.05) is 17.4 Å². The third-order valence-electron chi connectivity index (χ3n) is 6.66. The highest BCUT2D eigenvalue weighted by Gasteiger charge is 2.31. The molecule has 0 bridgehead atoms. The SMILES string of the molecule is Cn1ncc(NC(=O)c2nc(-c3c(F)cccc3F)sc2NC(=O)OC(C)(C)C)c1N1CC[C@H](NC(=O)OC(C)(C)C)[C@@H](O)CC1. The van der Waals surface area contributed by atoms with Gasteiger partial charge in [0.1, 0.15) is 38.5 Å². The van der Waals surface area contributed by atoms with Crippen LogP contribution in [-0.4, -0.2) is 74.4 Å². The second-order valence-corrected chi connectivity index (χ2v) is 13.8. The third kappa shape index (κ3) is 8.69. The number of alkyl carbamates (subject to hydrolysis) is 1. The summed E-state index contributed by atoms with van der Waals surface area (Å²) >= 11 is 0.715. The number of aliphatic hydroxyl groups is 1. The van der Waals surface area contributed by atoms with Crippen molar-refractivity contribution in [2.24, 2.45) is 7.05 Å². The monoisotopic (exact) mass is 663 g/mol. The van der Waals surface area contributed by atoms with Gasteiger partial charge < -0.3 is 30.1 Å². The number of aromatic nitrogens is 3. The number of halogens is 2. The number of rotatable bonds is 6. The fourth-order valence-corrected chi connectivity index (χ4v) is 5.76. The second kappa shape index (κ2) is 13.6. The number of nitrogens with one attached hydrogen (secondary N) is 3. The number of aryl methyl sites for hydroxylation is 1. The number of amides is 3. The normalized spacial score (nSPS) is 17.2. The maximum Gasteiger partial charge on any atom is 0.412 e. The molecule has 2 atom stereocenters. The van der Waals surface area contributed by atoms with Crippen molar-refractivity contribution in [1.82, 2.24) is 20.1 Å². The molecule has 2 aromatic heterocycles. The fraction of sp³-hybridized carbons (Fsp3) is 0.500. The number of hydrogen-bond donors (Lipinski definition) is 4. The minimum atomic E-state index is -0.887. The van der Waals surface area contributed by atoms with E-state index in [1.807, 2.05) is 4.90 Å². The standard InChI is InChI=1S/C30H39F2N7O6S/c1-29(2,3)44-27(42)35-18-11-13-39(14-12-20(18)40)26-19(15-33-38(26)7)34-23(41)22-25(37-28(43)45-30(4,5)6)46-24(36-22)21-16(31)9-8-10-17(21)32/h8-10,15,18,20,40H,11-14H2,1-7H3,(H,34,41)(H,35,42)(H,37,43)/t18-,20-/m0/s1. The van der Waals surface area contributed by atoms with Gasteiger partial charge in [-0.3, -0.25) is 14.8 Å². The van der Waals surface area contributed by atoms with Crippen molar-refractivity contribution in [3.8, 4) is 10.6 Å². The Bertz CT molecular complexity index is 1580. The van der Waals surface area contributed by atoms with Gasteiger partial charge in [-0.2, -0.15) is 5.10 Å². The van der Waals surface area contributed by atoms with E-state index in [0.29, 0.717) is 43.1 Å². The molecule has 1 aliphatic heterocycles. The summed E-state index contributed by atoms with van der Waals surface area (Å²) in [6.45, 7) is 11.0. The summed E-state index contributed by atoms with van der Waals surface area (Å²) in [7, 11) is 1.68. The zero-order valence-electron chi connectivity index (χ0n) is 26.7. The number of thiazole rings is 1. The first-order valence-corrected chi connectivity index (χ1v) is 15.4. The van der Waals surface area contributed by atoms with Crippen LogP contribution in [0, 0.1) is 11.6 Å². The van der Waals surface area contributed by atoms with E-state index in [0.717, 1.165) is 12.1 Å². The molecule has 4 rings (SSSR count). The van der Waals surface area contributed by atoms with Gasteiger partial charge in [-0.15, -0.1) is 0 Å². The van der Waals surface area contributed by atoms with E-state index in [1.165, 1.54) is 12.3 Å². The summed E-state index contributed by atoms with van der Waals surface area (Å²) in [5, 5.41) is 22.8. The average molecular weight is 664 g/mol. The van der Waals surface area contributed by atoms with Gasteiger partial charge in [0.05, 0.1) is 23.9 Å². The topological polar surface area (TPSA) is 160 Å². The molecule has 4 N–H and O–H groups in total. The Morgan fingerprint density at radius 2 is 1.59 bits per heavy atom. The van der Waals surface area contributed by atoms with Crippen LogP contribution >= 0.6 is 11.3 Å². The molecule has 1 aromatic carbocycles. The number of carbonyl (C=O) groups excluding carboxylic acids is 3. The number of hydrogen-bond acceptors (Lipinski definition) is 10. The summed E-state index contributed by atoms with van der Waals surface area (Å²) in [5.74, 6) is -2.04. The third-order valence-corrected chi connectivity index (χ3v) is 7.65. The lowest BCUT2D eigenvalue weighted by atomic mass is 10.1. The molecule has 3 aromatic rings. The first kappa shape index (κ1) is 34.6. The summed E-state index contributed by atoms with van der Waals surface area (Å²) in [4.78, 5) is 44.8. The number of aliphatic hydroxyl groups excluding tert-OH is 1. The van der Waals surface area contributed by atoms with E-state index in [4.69, 9.17) is 9.47 Å². The number of nitrogens with zero attached hydrogens (tertiary/aromatic N) is 4. The largest absolute Gasteiger partial charge is 0.444 e. The van der Waals surface area contributed by atoms with Gasteiger partial charge in [0.15, 0.2) is 11.5 Å². The van der Waals surface area contributed by atoms with Crippen molar-refractivity contribution in [2.45, 2.75) is 77.7 Å². The second-order valence-electron chi connectivity index (χ2n) is 12.8. The summed E-state index contributed by atoms with van der Waals surface area (Å²) in [6.07, 6.45) is -0.273. The Balaban J connectivity index is 1.59. The lowest BCUT2D eigenvalue weighted by molar-refractivity contribution is 0.0419. The predicted molar refractivity (Wildman–Crippen MR) is 169 cm³/mol. The molecule has 3 amide bonds. The molecule has 0 radical (unpaired) electrons. The van der Waals surface area contributed by atoms with E-state index < -0.39 is 58.6 Å². The van der Waals surface area contributed by atoms with Crippen molar-refractivity contribution in [1.29, 1.82) is 0 Å². The predicted octanol–water partition coefficient (Wildman–Crippen LogP) is 5.28. The Labute approximate surface area is 269 Å². The maximum atomic E-state index is 14.7. The first-order valence-electron chi connectivity index (χ1n) is 14.6. The molecule has 3 heterocycles. The van der Waals surface area contributed by atoms with Gasteiger partial charge in [0.2, 0.25) is 0 Å². The van der Waals surface area contributed by atoms with E-state index >= 15 is 0 Å². The van der Waals surface area contributed by atoms with Crippen LogP contribution in [0.2, 0.25) is 0 Å². The van der Waals surface area contributed by atoms with Gasteiger partial charge in [-0.25, -0.2) is 23.4 Å². The highest BCUT2D eigenvalue weighted by Crippen LogP contribution is 2.36. The van der Waals surface area contributed by atoms with Crippen molar-refractivity contribution in [2.75, 3.05) is 28.6 Å². The van der Waals surface area contributed by atoms with Crippen LogP contribution < -0.4 is 20.9 Å². The average Bonchev–Trinajstić information content (AvgIpc) is 3.43. The summed E-state index contributed by atoms with van der Waals surface area (Å²) in [5.41, 5.74) is -2.01. The van der Waals surface area contributed by atoms with Crippen LogP contribution in [-0.2, 0) is 16.5 Å². The van der Waals surface area contributed by atoms with Gasteiger partial charge in [0, 0.05) is 20.1 Å². The molecule has 1 fully saturated rings. The van der Waals surface area contributed by atoms with Crippen molar-refractivity contribution >= 4 is 45.9 Å². The molecule has 0 saturated carbocycles. The molecule has 16 heteroatoms. The van der Waals surface area contributed by atoms with Gasteiger partial charge in [-0.05, 0) is 66.5 Å². The number of benzene rings is 1. The van der Waals surface area contributed by atoms with Crippen LogP contribution in [0.3, 0.4) is 0 Å². The van der Waals surface area contributed by atoms with E-state index in [1.54, 1.807) is 53.3 Å². The minimum Gasteiger partial charge on any atom is -0.444 e. The highest BCUT2D eigenvalue weighted by atomic mass is 32.1. The highest BCUT2D eigenvalue weighted by molar-refractivity contribution is 7.19. The van der Waals surface area contributed by atoms with E-state index in [9.17, 15) is 28.3 Å². The van der Waals surface area contributed by atoms with Crippen molar-refractivity contribution in [3.63, 3.8) is 0 Å². The van der Waals surface area contributed by atoms with Gasteiger partial charge in [0.25, 0.3) is 5.91 Å². The van der Waals surface area contributed by atoms with E-state index in [-0.39, 0.29) is 21.4 Å². The molecule has 1 saturated heterocycles. The smallest absolute Gasteiger partial charge is 0.412 e. The van der Waals surface area contributed by atoms with Crippen molar-refractivity contribution < 1.29 is 37.7 Å². The summed E-state index contributed by atoms with van der Waals surface area (Å²) < 4.78 is 41.5. The molecule has 0 spiro atoms. The minimum absolute atomic E-state index is 0.0798. The molecule has 250 valence electrons. The molecular formula is C30H39F2N7O6S. The van der Waals surface area contributed by atoms with Crippen LogP contribution in [0.4, 0.5) is 34.9 Å². The fourth-order valence-electron chi connectivity index (χ4n) is 4.77. The van der Waals surface area contributed by atoms with Crippen LogP contribution in [0.15, 0.2) is 24.4 Å². The quantitative estimate of drug-likeness (QED) is 0.275. The van der Waals surface area contributed by atoms with E-state index in [2.05, 4.69) is 26.0 Å². The Morgan fingerprint density at radius 1 is 0.978 bits per heavy atom. The zero-order chi connectivity index (χ0) is 34.0. The lowest BCUT2D eigenvalue weighted by Gasteiger charge is -2.25. The lowest BCUT2D eigenvalue weighted by Crippen LogP contribution is -2.45. The Morgan fingerprint density at radius 3 is 2.22 bits per heavy atom. The number of ether oxygens (including phenoxy) is 2. The number of anilines is 3. The first-order chi connectivity index (χ1) is 21.4. The van der Waals surface area contributed by atoms with Crippen LogP contribution in [0.5, 0.6) is 0 Å². The molecular weight excluding hydrogens is 624 g/mol. The molecule has 1 aliphatic rings. The van der Waals surface area contributed by atoms with Crippen LogP contribution in [0.25, 0.3) is 10.6 Å².